The van der Waals surface area contributed by atoms with Crippen LogP contribution >= 0.6 is 11.8 Å². The predicted octanol–water partition coefficient (Wildman–Crippen LogP) is 0.664. The number of rotatable bonds is 5. The molecule has 2 heterocycles. The van der Waals surface area contributed by atoms with E-state index in [0.717, 1.165) is 12.3 Å². The maximum absolute atomic E-state index is 11.9. The fraction of sp³-hybridized carbons (Fsp3) is 0.818. The van der Waals surface area contributed by atoms with E-state index in [2.05, 4.69) is 15.5 Å². The van der Waals surface area contributed by atoms with Gasteiger partial charge in [0.05, 0.1) is 6.04 Å². The van der Waals surface area contributed by atoms with Gasteiger partial charge in [-0.25, -0.2) is 8.42 Å². The number of thioether (sulfide) groups is 1. The second-order valence-corrected chi connectivity index (χ2v) is 8.11. The van der Waals surface area contributed by atoms with Crippen LogP contribution in [0.5, 0.6) is 0 Å². The van der Waals surface area contributed by atoms with Crippen LogP contribution < -0.4 is 10.2 Å². The first-order valence-corrected chi connectivity index (χ1v) is 9.64. The lowest BCUT2D eigenvalue weighted by molar-refractivity contribution is 0.417. The molecule has 1 fully saturated rings. The van der Waals surface area contributed by atoms with Crippen molar-refractivity contribution in [3.63, 3.8) is 0 Å². The maximum atomic E-state index is 11.9. The quantitative estimate of drug-likeness (QED) is 0.846. The summed E-state index contributed by atoms with van der Waals surface area (Å²) in [6.07, 6.45) is 1.25. The second kappa shape index (κ2) is 6.31. The zero-order valence-electron chi connectivity index (χ0n) is 11.9. The summed E-state index contributed by atoms with van der Waals surface area (Å²) < 4.78 is 29.3. The second-order valence-electron chi connectivity index (χ2n) is 4.75. The summed E-state index contributed by atoms with van der Waals surface area (Å²) in [4.78, 5) is 1.70. The first-order valence-electron chi connectivity index (χ1n) is 6.53. The van der Waals surface area contributed by atoms with Crippen molar-refractivity contribution in [2.75, 3.05) is 35.8 Å². The van der Waals surface area contributed by atoms with Crippen LogP contribution in [0, 0.1) is 0 Å². The lowest BCUT2D eigenvalue weighted by atomic mass is 10.3. The van der Waals surface area contributed by atoms with E-state index in [0.29, 0.717) is 24.2 Å². The van der Waals surface area contributed by atoms with Crippen molar-refractivity contribution in [1.29, 1.82) is 0 Å². The number of hydrogen-bond acceptors (Lipinski definition) is 8. The molecule has 9 heteroatoms. The minimum Gasteiger partial charge on any atom is -0.406 e. The molecule has 1 aliphatic rings. The van der Waals surface area contributed by atoms with Crippen LogP contribution in [0.15, 0.2) is 4.42 Å². The average molecular weight is 320 g/mol. The molecule has 1 N–H and O–H groups in total. The summed E-state index contributed by atoms with van der Waals surface area (Å²) in [5, 5.41) is 10.6. The lowest BCUT2D eigenvalue weighted by Gasteiger charge is -2.32. The molecule has 1 aromatic rings. The largest absolute Gasteiger partial charge is 0.406 e. The monoisotopic (exact) mass is 320 g/mol. The molecule has 0 aromatic carbocycles. The summed E-state index contributed by atoms with van der Waals surface area (Å²) in [7, 11) is -3.18. The highest BCUT2D eigenvalue weighted by Crippen LogP contribution is 2.26. The molecule has 0 aliphatic carbocycles. The average Bonchev–Trinajstić information content (AvgIpc) is 2.87. The zero-order valence-corrected chi connectivity index (χ0v) is 13.5. The van der Waals surface area contributed by atoms with Crippen LogP contribution in [0.1, 0.15) is 25.8 Å². The third-order valence-corrected chi connectivity index (χ3v) is 5.78. The maximum Gasteiger partial charge on any atom is 0.319 e. The van der Waals surface area contributed by atoms with Crippen molar-refractivity contribution >= 4 is 27.6 Å². The summed E-state index contributed by atoms with van der Waals surface area (Å²) in [6.45, 7) is 5.32. The van der Waals surface area contributed by atoms with Gasteiger partial charge in [-0.3, -0.25) is 0 Å². The van der Waals surface area contributed by atoms with E-state index < -0.39 is 15.2 Å². The highest BCUT2D eigenvalue weighted by atomic mass is 32.2. The van der Waals surface area contributed by atoms with Crippen LogP contribution in [0.2, 0.25) is 0 Å². The third kappa shape index (κ3) is 3.44. The van der Waals surface area contributed by atoms with E-state index in [9.17, 15) is 8.42 Å². The molecular formula is C11H20N4O3S2. The molecule has 7 nitrogen and oxygen atoms in total. The smallest absolute Gasteiger partial charge is 0.319 e. The Morgan fingerprint density at radius 1 is 1.55 bits per heavy atom. The molecule has 0 spiro atoms. The van der Waals surface area contributed by atoms with Crippen molar-refractivity contribution in [2.24, 2.45) is 0 Å². The lowest BCUT2D eigenvalue weighted by Crippen LogP contribution is -2.47. The SMILES string of the molecule is CCNC(C)c1nnc(N2CCSCC2S(C)(=O)=O)o1. The summed E-state index contributed by atoms with van der Waals surface area (Å²) in [5.74, 6) is 1.86. The molecule has 0 amide bonds. The van der Waals surface area contributed by atoms with Gasteiger partial charge < -0.3 is 14.6 Å². The number of sulfone groups is 1. The Balaban J connectivity index is 2.21. The van der Waals surface area contributed by atoms with Gasteiger partial charge in [-0.15, -0.1) is 5.10 Å². The first-order chi connectivity index (χ1) is 9.43. The van der Waals surface area contributed by atoms with E-state index in [1.807, 2.05) is 13.8 Å². The molecule has 1 aromatic heterocycles. The molecule has 0 radical (unpaired) electrons. The van der Waals surface area contributed by atoms with E-state index in [1.165, 1.54) is 6.26 Å². The fourth-order valence-electron chi connectivity index (χ4n) is 2.07. The standard InChI is InChI=1S/C11H20N4O3S2/c1-4-12-8(2)10-13-14-11(18-10)15-5-6-19-7-9(15)20(3,16)17/h8-9,12H,4-7H2,1-3H3. The van der Waals surface area contributed by atoms with Crippen LogP contribution in [-0.2, 0) is 9.84 Å². The topological polar surface area (TPSA) is 88.3 Å². The van der Waals surface area contributed by atoms with Gasteiger partial charge in [0, 0.05) is 24.3 Å². The number of anilines is 1. The Hall–Kier alpha value is -0.800. The molecule has 114 valence electrons. The third-order valence-electron chi connectivity index (χ3n) is 3.14. The summed E-state index contributed by atoms with van der Waals surface area (Å²) >= 11 is 1.63. The van der Waals surface area contributed by atoms with E-state index in [4.69, 9.17) is 4.42 Å². The molecule has 0 bridgehead atoms. The van der Waals surface area contributed by atoms with Crippen LogP contribution in [0.3, 0.4) is 0 Å². The van der Waals surface area contributed by atoms with Gasteiger partial charge in [0.25, 0.3) is 0 Å². The Labute approximate surface area is 123 Å². The minimum absolute atomic E-state index is 0.0444. The van der Waals surface area contributed by atoms with Crippen LogP contribution in [0.25, 0.3) is 0 Å². The van der Waals surface area contributed by atoms with Crippen molar-refractivity contribution in [3.8, 4) is 0 Å². The number of nitrogens with one attached hydrogen (secondary N) is 1. The zero-order chi connectivity index (χ0) is 14.8. The molecule has 2 rings (SSSR count). The molecule has 20 heavy (non-hydrogen) atoms. The van der Waals surface area contributed by atoms with Crippen LogP contribution in [-0.4, -0.2) is 54.8 Å². The molecule has 2 atom stereocenters. The van der Waals surface area contributed by atoms with Crippen molar-refractivity contribution in [3.05, 3.63) is 5.89 Å². The number of nitrogens with zero attached hydrogens (tertiary/aromatic N) is 3. The van der Waals surface area contributed by atoms with Gasteiger partial charge in [-0.1, -0.05) is 12.0 Å². The van der Waals surface area contributed by atoms with Gasteiger partial charge >= 0.3 is 6.01 Å². The Morgan fingerprint density at radius 3 is 2.95 bits per heavy atom. The van der Waals surface area contributed by atoms with Crippen LogP contribution in [0.4, 0.5) is 6.01 Å². The molecular weight excluding hydrogens is 300 g/mol. The van der Waals surface area contributed by atoms with Gasteiger partial charge in [-0.2, -0.15) is 11.8 Å². The van der Waals surface area contributed by atoms with E-state index >= 15 is 0 Å². The molecule has 2 unspecified atom stereocenters. The first kappa shape index (κ1) is 15.6. The Bertz CT molecular complexity index is 546. The van der Waals surface area contributed by atoms with Crippen molar-refractivity contribution < 1.29 is 12.8 Å². The number of hydrogen-bond donors (Lipinski definition) is 1. The molecule has 1 aliphatic heterocycles. The van der Waals surface area contributed by atoms with Gasteiger partial charge in [0.1, 0.15) is 5.37 Å². The normalized spacial score (nSPS) is 21.9. The van der Waals surface area contributed by atoms with E-state index in [1.54, 1.807) is 16.7 Å². The summed E-state index contributed by atoms with van der Waals surface area (Å²) in [5.41, 5.74) is 0. The Kier molecular flexibility index (Phi) is 4.92. The predicted molar refractivity (Wildman–Crippen MR) is 79.7 cm³/mol. The Morgan fingerprint density at radius 2 is 2.30 bits per heavy atom. The van der Waals surface area contributed by atoms with Gasteiger partial charge in [-0.05, 0) is 13.5 Å². The van der Waals surface area contributed by atoms with Gasteiger partial charge in [0.15, 0.2) is 9.84 Å². The number of aromatic nitrogens is 2. The highest BCUT2D eigenvalue weighted by Gasteiger charge is 2.34. The molecule has 1 saturated heterocycles. The van der Waals surface area contributed by atoms with E-state index in [-0.39, 0.29) is 6.04 Å². The minimum atomic E-state index is -3.18. The highest BCUT2D eigenvalue weighted by molar-refractivity contribution is 8.01. The molecule has 0 saturated carbocycles. The fourth-order valence-corrected chi connectivity index (χ4v) is 4.87. The summed E-state index contributed by atoms with van der Waals surface area (Å²) in [6, 6.07) is 0.248. The van der Waals surface area contributed by atoms with Crippen molar-refractivity contribution in [1.82, 2.24) is 15.5 Å². The van der Waals surface area contributed by atoms with Crippen molar-refractivity contribution in [2.45, 2.75) is 25.3 Å². The van der Waals surface area contributed by atoms with Gasteiger partial charge in [0.2, 0.25) is 5.89 Å².